The Hall–Kier alpha value is -1.80. The number of hydrogen-bond donors (Lipinski definition) is 1. The van der Waals surface area contributed by atoms with Gasteiger partial charge < -0.3 is 10.1 Å². The largest absolute Gasteiger partial charge is 0.457 e. The molecule has 0 aromatic heterocycles. The molecule has 0 radical (unpaired) electrons. The van der Waals surface area contributed by atoms with Crippen molar-refractivity contribution in [2.24, 2.45) is 0 Å². The molecule has 0 saturated heterocycles. The third-order valence-corrected chi connectivity index (χ3v) is 3.38. The van der Waals surface area contributed by atoms with Crippen LogP contribution in [0.1, 0.15) is 37.5 Å². The van der Waals surface area contributed by atoms with Gasteiger partial charge in [0.05, 0.1) is 0 Å². The standard InChI is InChI=1S/C19H25NO/c1-14-8-6-7-9-17(14)21-18-11-10-16(12-15(18)2)13-20-19(3,4)5/h6-12,20H,13H2,1-5H3. The quantitative estimate of drug-likeness (QED) is 0.854. The minimum Gasteiger partial charge on any atom is -0.457 e. The second-order valence-corrected chi connectivity index (χ2v) is 6.57. The Balaban J connectivity index is 2.11. The van der Waals surface area contributed by atoms with Crippen molar-refractivity contribution in [3.05, 3.63) is 59.2 Å². The van der Waals surface area contributed by atoms with Gasteiger partial charge in [-0.3, -0.25) is 0 Å². The average Bonchev–Trinajstić information content (AvgIpc) is 2.41. The van der Waals surface area contributed by atoms with E-state index in [0.29, 0.717) is 0 Å². The molecule has 21 heavy (non-hydrogen) atoms. The summed E-state index contributed by atoms with van der Waals surface area (Å²) in [7, 11) is 0. The molecule has 0 aliphatic heterocycles. The number of hydrogen-bond acceptors (Lipinski definition) is 2. The minimum atomic E-state index is 0.129. The third-order valence-electron chi connectivity index (χ3n) is 3.38. The molecular weight excluding hydrogens is 258 g/mol. The zero-order valence-corrected chi connectivity index (χ0v) is 13.7. The number of rotatable bonds is 4. The summed E-state index contributed by atoms with van der Waals surface area (Å²) >= 11 is 0. The van der Waals surface area contributed by atoms with Gasteiger partial charge in [0.25, 0.3) is 0 Å². The maximum atomic E-state index is 6.02. The summed E-state index contributed by atoms with van der Waals surface area (Å²) in [6.07, 6.45) is 0. The molecule has 0 bridgehead atoms. The zero-order chi connectivity index (χ0) is 15.5. The predicted octanol–water partition coefficient (Wildman–Crippen LogP) is 4.98. The maximum absolute atomic E-state index is 6.02. The van der Waals surface area contributed by atoms with Crippen LogP contribution in [-0.4, -0.2) is 5.54 Å². The molecular formula is C19H25NO. The smallest absolute Gasteiger partial charge is 0.130 e. The maximum Gasteiger partial charge on any atom is 0.130 e. The molecule has 2 heteroatoms. The lowest BCUT2D eigenvalue weighted by Crippen LogP contribution is -2.35. The summed E-state index contributed by atoms with van der Waals surface area (Å²) in [5.74, 6) is 1.84. The van der Waals surface area contributed by atoms with Crippen molar-refractivity contribution in [1.82, 2.24) is 5.32 Å². The average molecular weight is 283 g/mol. The van der Waals surface area contributed by atoms with E-state index in [0.717, 1.165) is 29.2 Å². The summed E-state index contributed by atoms with van der Waals surface area (Å²) in [6, 6.07) is 14.5. The molecule has 0 saturated carbocycles. The molecule has 0 spiro atoms. The van der Waals surface area contributed by atoms with E-state index in [-0.39, 0.29) is 5.54 Å². The molecule has 0 aliphatic carbocycles. The van der Waals surface area contributed by atoms with Crippen LogP contribution in [0.3, 0.4) is 0 Å². The first kappa shape index (κ1) is 15.6. The molecule has 2 rings (SSSR count). The topological polar surface area (TPSA) is 21.3 Å². The SMILES string of the molecule is Cc1ccccc1Oc1ccc(CNC(C)(C)C)cc1C. The van der Waals surface area contributed by atoms with E-state index >= 15 is 0 Å². The van der Waals surface area contributed by atoms with E-state index in [4.69, 9.17) is 4.74 Å². The lowest BCUT2D eigenvalue weighted by Gasteiger charge is -2.21. The predicted molar refractivity (Wildman–Crippen MR) is 89.0 cm³/mol. The molecule has 0 aliphatic rings. The molecule has 0 fully saturated rings. The van der Waals surface area contributed by atoms with Gasteiger partial charge in [0.1, 0.15) is 11.5 Å². The van der Waals surface area contributed by atoms with E-state index in [1.165, 1.54) is 5.56 Å². The summed E-state index contributed by atoms with van der Waals surface area (Å²) in [5, 5.41) is 3.50. The summed E-state index contributed by atoms with van der Waals surface area (Å²) in [5.41, 5.74) is 3.71. The lowest BCUT2D eigenvalue weighted by atomic mass is 10.1. The van der Waals surface area contributed by atoms with Crippen molar-refractivity contribution >= 4 is 0 Å². The van der Waals surface area contributed by atoms with Gasteiger partial charge in [-0.2, -0.15) is 0 Å². The normalized spacial score (nSPS) is 11.5. The van der Waals surface area contributed by atoms with E-state index in [9.17, 15) is 0 Å². The Morgan fingerprint density at radius 3 is 2.19 bits per heavy atom. The first-order valence-corrected chi connectivity index (χ1v) is 7.43. The summed E-state index contributed by atoms with van der Waals surface area (Å²) < 4.78 is 6.02. The Kier molecular flexibility index (Phi) is 4.69. The Morgan fingerprint density at radius 1 is 0.905 bits per heavy atom. The highest BCUT2D eigenvalue weighted by Gasteiger charge is 2.09. The Labute approximate surface area is 128 Å². The fourth-order valence-electron chi connectivity index (χ4n) is 2.09. The van der Waals surface area contributed by atoms with Crippen LogP contribution in [0.2, 0.25) is 0 Å². The van der Waals surface area contributed by atoms with Gasteiger partial charge in [-0.15, -0.1) is 0 Å². The van der Waals surface area contributed by atoms with Crippen LogP contribution in [0.4, 0.5) is 0 Å². The van der Waals surface area contributed by atoms with E-state index in [1.54, 1.807) is 0 Å². The number of aryl methyl sites for hydroxylation is 2. The third kappa shape index (κ3) is 4.61. The second-order valence-electron chi connectivity index (χ2n) is 6.57. The fourth-order valence-corrected chi connectivity index (χ4v) is 2.09. The van der Waals surface area contributed by atoms with E-state index in [2.05, 4.69) is 64.2 Å². The molecule has 1 N–H and O–H groups in total. The monoisotopic (exact) mass is 283 g/mol. The van der Waals surface area contributed by atoms with Gasteiger partial charge in [0.15, 0.2) is 0 Å². The van der Waals surface area contributed by atoms with Crippen molar-refractivity contribution in [3.63, 3.8) is 0 Å². The molecule has 2 aromatic rings. The summed E-state index contributed by atoms with van der Waals surface area (Å²) in [6.45, 7) is 11.6. The summed E-state index contributed by atoms with van der Waals surface area (Å²) in [4.78, 5) is 0. The number of nitrogens with one attached hydrogen (secondary N) is 1. The molecule has 0 amide bonds. The fraction of sp³-hybridized carbons (Fsp3) is 0.368. The number of ether oxygens (including phenoxy) is 1. The highest BCUT2D eigenvalue weighted by Crippen LogP contribution is 2.28. The van der Waals surface area contributed by atoms with Crippen LogP contribution in [0.15, 0.2) is 42.5 Å². The van der Waals surface area contributed by atoms with Crippen LogP contribution in [0, 0.1) is 13.8 Å². The molecule has 2 nitrogen and oxygen atoms in total. The van der Waals surface area contributed by atoms with Crippen LogP contribution >= 0.6 is 0 Å². The molecule has 0 unspecified atom stereocenters. The first-order valence-electron chi connectivity index (χ1n) is 7.43. The Bertz CT molecular complexity index is 611. The molecule has 2 aromatic carbocycles. The Morgan fingerprint density at radius 2 is 1.57 bits per heavy atom. The highest BCUT2D eigenvalue weighted by molar-refractivity contribution is 5.42. The van der Waals surface area contributed by atoms with Gasteiger partial charge in [-0.1, -0.05) is 30.3 Å². The van der Waals surface area contributed by atoms with Crippen molar-refractivity contribution in [2.45, 2.75) is 46.7 Å². The van der Waals surface area contributed by atoms with Gasteiger partial charge >= 0.3 is 0 Å². The number of benzene rings is 2. The van der Waals surface area contributed by atoms with Gasteiger partial charge in [0.2, 0.25) is 0 Å². The van der Waals surface area contributed by atoms with Crippen LogP contribution in [0.25, 0.3) is 0 Å². The lowest BCUT2D eigenvalue weighted by molar-refractivity contribution is 0.424. The van der Waals surface area contributed by atoms with Crippen molar-refractivity contribution < 1.29 is 4.74 Å². The van der Waals surface area contributed by atoms with E-state index in [1.807, 2.05) is 18.2 Å². The second kappa shape index (κ2) is 6.31. The molecule has 0 heterocycles. The molecule has 0 atom stereocenters. The van der Waals surface area contributed by atoms with Gasteiger partial charge in [-0.25, -0.2) is 0 Å². The van der Waals surface area contributed by atoms with Gasteiger partial charge in [0, 0.05) is 12.1 Å². The van der Waals surface area contributed by atoms with E-state index < -0.39 is 0 Å². The minimum absolute atomic E-state index is 0.129. The number of para-hydroxylation sites is 1. The van der Waals surface area contributed by atoms with Crippen LogP contribution < -0.4 is 10.1 Å². The van der Waals surface area contributed by atoms with Crippen LogP contribution in [-0.2, 0) is 6.54 Å². The van der Waals surface area contributed by atoms with Crippen molar-refractivity contribution in [3.8, 4) is 11.5 Å². The van der Waals surface area contributed by atoms with Gasteiger partial charge in [-0.05, 0) is 63.4 Å². The first-order chi connectivity index (χ1) is 9.85. The van der Waals surface area contributed by atoms with Crippen LogP contribution in [0.5, 0.6) is 11.5 Å². The van der Waals surface area contributed by atoms with Crippen molar-refractivity contribution in [2.75, 3.05) is 0 Å². The van der Waals surface area contributed by atoms with Crippen molar-refractivity contribution in [1.29, 1.82) is 0 Å². The highest BCUT2D eigenvalue weighted by atomic mass is 16.5. The zero-order valence-electron chi connectivity index (χ0n) is 13.7. The molecule has 112 valence electrons.